The third kappa shape index (κ3) is 26.3. The van der Waals surface area contributed by atoms with Crippen molar-refractivity contribution in [1.29, 1.82) is 0 Å². The number of nitrogens with two attached hydrogens (primary N) is 3. The quantitative estimate of drug-likeness (QED) is 0.0268. The van der Waals surface area contributed by atoms with Crippen LogP contribution in [0.5, 0.6) is 0 Å². The number of carbonyl (C=O) groups excluding carboxylic acids is 18. The fraction of sp³-hybridized carbons (Fsp3) is 0.814. The van der Waals surface area contributed by atoms with E-state index in [1.807, 2.05) is 125 Å². The van der Waals surface area contributed by atoms with Crippen LogP contribution in [-0.4, -0.2) is 259 Å². The zero-order valence-electron chi connectivity index (χ0n) is 84.6. The molecule has 38 heteroatoms. The van der Waals surface area contributed by atoms with Gasteiger partial charge in [-0.1, -0.05) is 204 Å². The van der Waals surface area contributed by atoms with Crippen LogP contribution in [0.3, 0.4) is 0 Å². The number of ketones is 3. The first-order valence-corrected chi connectivity index (χ1v) is 49.3. The van der Waals surface area contributed by atoms with Gasteiger partial charge in [0.05, 0.1) is 18.1 Å². The number of primary amides is 3. The second-order valence-corrected chi connectivity index (χ2v) is 50.5. The predicted octanol–water partition coefficient (Wildman–Crippen LogP) is 6.29. The standard InChI is InChI=1S/C34H56N6O6.C32H52N6O6.C31H50Cl2N6O6/c1-32(2,3)25(29(44)39-15-10-9-11-16-39)37-31(46)38-26(33(4,5)6)30(45)40-18-20-22(34(20,7)8)23(40)28(43)36-21(24(41)27(35)42)17-19-13-12-14-19;1-30(2,3)23(27(42)37(9)17-12-13-17)35-29(44)36-24(31(4,5)6)28(43)38-15-18-20(32(18,7)8)21(38)26(41)34-19(14-16-10-11-16)22(39)25(33)40;1-28(2,3)21(25(43)38-30(7,8)9)36-27(45)37-22(29(4,5)6)26(44)39-14-16-18(31(16,32)33)19(39)24(42)35-17(20(40)23(34)41)13-15-11-10-12-15/h19-23,25-26H,9-18H2,1-8H3,(H2,35,42)(H,36,43)(H2,37,38,46);16-21,23-24H,10-15H2,1-9H3,(H2,33,40)(H,34,41)(H2,35,36,44);15-19,21-22H,10-14H2,1-9H3,(H2,34,41)(H,35,42)(H,38,43)(H2,36,37,45)/t20-,21?,22-,23-,25+,26+;18-,19?,20-,21-,23+,24+;16-,17?,18-,19-,21+,22+/m000/s1. The molecule has 7 aliphatic carbocycles. The van der Waals surface area contributed by atoms with Crippen molar-refractivity contribution in [3.63, 3.8) is 0 Å². The number of Topliss-reactive ketones (excluding diaryl/α,β-unsaturated/α-hetero) is 3. The molecule has 7 saturated carbocycles. The smallest absolute Gasteiger partial charge is 0.316 e. The Hall–Kier alpha value is -8.96. The second kappa shape index (κ2) is 40.8. The van der Waals surface area contributed by atoms with E-state index in [-0.39, 0.29) is 89.0 Å². The van der Waals surface area contributed by atoms with Gasteiger partial charge in [0.15, 0.2) is 0 Å². The topological polar surface area (TPSA) is 522 Å². The van der Waals surface area contributed by atoms with Gasteiger partial charge in [-0.15, -0.1) is 23.2 Å². The van der Waals surface area contributed by atoms with Crippen LogP contribution in [-0.2, 0) is 71.9 Å². The van der Waals surface area contributed by atoms with E-state index >= 15 is 0 Å². The third-order valence-electron chi connectivity index (χ3n) is 29.8. The first kappa shape index (κ1) is 110. The highest BCUT2D eigenvalue weighted by Gasteiger charge is 2.75. The lowest BCUT2D eigenvalue weighted by Gasteiger charge is -2.39. The van der Waals surface area contributed by atoms with Crippen LogP contribution < -0.4 is 70.4 Å². The van der Waals surface area contributed by atoms with E-state index in [1.165, 1.54) is 14.7 Å². The number of urea groups is 3. The maximum absolute atomic E-state index is 14.3. The molecule has 4 saturated heterocycles. The van der Waals surface area contributed by atoms with Gasteiger partial charge in [0.1, 0.15) is 58.7 Å². The third-order valence-corrected chi connectivity index (χ3v) is 30.9. The number of amides is 18. The molecule has 0 aromatic carbocycles. The van der Waals surface area contributed by atoms with E-state index in [0.29, 0.717) is 39.0 Å². The van der Waals surface area contributed by atoms with E-state index in [2.05, 4.69) is 80.9 Å². The Bertz CT molecular complexity index is 4540. The number of likely N-dealkylation sites (N-methyl/N-ethyl adjacent to an activating group) is 1. The van der Waals surface area contributed by atoms with E-state index in [0.717, 1.165) is 83.5 Å². The lowest BCUT2D eigenvalue weighted by molar-refractivity contribution is -0.145. The Kier molecular flexibility index (Phi) is 33.2. The van der Waals surface area contributed by atoms with Gasteiger partial charge < -0.3 is 94.9 Å². The first-order valence-electron chi connectivity index (χ1n) is 48.6. The summed E-state index contributed by atoms with van der Waals surface area (Å²) in [5, 5.41) is 28.0. The minimum absolute atomic E-state index is 0.0557. The fourth-order valence-corrected chi connectivity index (χ4v) is 21.3. The van der Waals surface area contributed by atoms with E-state index < -0.39 is 215 Å². The number of piperidine rings is 4. The van der Waals surface area contributed by atoms with Crippen LogP contribution in [0.1, 0.15) is 276 Å². The zero-order chi connectivity index (χ0) is 102. The number of rotatable bonds is 31. The number of fused-ring (bicyclic) bond motifs is 3. The maximum Gasteiger partial charge on any atom is 0.316 e. The van der Waals surface area contributed by atoms with Crippen molar-refractivity contribution in [2.45, 2.75) is 364 Å². The highest BCUT2D eigenvalue weighted by atomic mass is 35.5. The number of halogens is 2. The molecule has 0 aromatic heterocycles. The van der Waals surface area contributed by atoms with Crippen molar-refractivity contribution in [1.82, 2.24) is 77.7 Å². The summed E-state index contributed by atoms with van der Waals surface area (Å²) >= 11 is 13.0. The lowest BCUT2D eigenvalue weighted by atomic mass is 9.80. The summed E-state index contributed by atoms with van der Waals surface area (Å²) in [5.41, 5.74) is 10.9. The highest BCUT2D eigenvalue weighted by molar-refractivity contribution is 6.51. The Labute approximate surface area is 807 Å². The number of carbonyl (C=O) groups is 18. The number of hydrogen-bond acceptors (Lipinski definition) is 18. The van der Waals surface area contributed by atoms with Gasteiger partial charge in [-0.2, -0.15) is 0 Å². The second-order valence-electron chi connectivity index (χ2n) is 49.1. The van der Waals surface area contributed by atoms with Gasteiger partial charge >= 0.3 is 18.1 Å². The molecule has 0 radical (unpaired) electrons. The van der Waals surface area contributed by atoms with E-state index in [4.69, 9.17) is 40.4 Å². The summed E-state index contributed by atoms with van der Waals surface area (Å²) in [5.74, 6) is -10.1. The SMILES string of the molecule is CC(C)(C)NC(=O)[C@@H](NC(=O)N[C@H](C(=O)N1C[C@H]2[C@@H]([C@H]1C(=O)NC(CC1CCC1)C(=O)C(N)=O)C2(Cl)Cl)C(C)(C)C)C(C)(C)C.CC(C)(C)[C@H](NC(=O)N[C@H](C(=O)N1C[C@H]2[C@@H]([C@H]1C(=O)NC(CC1CCC1)C(=O)C(N)=O)C2(C)C)C(C)(C)C)C(=O)N1CCCCC1.CN(C(=O)[C@@H](NC(=O)N[C@H](C(=O)N1C[C@H]2[C@@H]([C@H]1C(=O)NC(CC1CC1)C(=O)C(N)=O)C2(C)C)C(C)(C)C)C(C)(C)C)C1CC1. The molecular weight excluding hydrogens is 1780 g/mol. The van der Waals surface area contributed by atoms with Gasteiger partial charge in [-0.05, 0) is 157 Å². The summed E-state index contributed by atoms with van der Waals surface area (Å²) < 4.78 is -1.25. The van der Waals surface area contributed by atoms with Crippen LogP contribution in [0.4, 0.5) is 14.4 Å². The van der Waals surface area contributed by atoms with Gasteiger partial charge in [-0.3, -0.25) is 71.9 Å². The Morgan fingerprint density at radius 3 is 0.911 bits per heavy atom. The summed E-state index contributed by atoms with van der Waals surface area (Å²) in [6.07, 6.45) is 13.2. The van der Waals surface area contributed by atoms with Crippen molar-refractivity contribution < 1.29 is 86.3 Å². The molecule has 18 atom stereocenters. The molecule has 4 aliphatic heterocycles. The summed E-state index contributed by atoms with van der Waals surface area (Å²) in [4.78, 5) is 246. The minimum atomic E-state index is -1.25. The van der Waals surface area contributed by atoms with Crippen molar-refractivity contribution >= 4 is 130 Å². The molecule has 11 aliphatic rings. The molecule has 3 unspecified atom stereocenters. The summed E-state index contributed by atoms with van der Waals surface area (Å²) in [7, 11) is 1.75. The molecule has 0 aromatic rings. The zero-order valence-corrected chi connectivity index (χ0v) is 86.1. The fourth-order valence-electron chi connectivity index (χ4n) is 20.5. The van der Waals surface area contributed by atoms with Gasteiger partial charge in [-0.25, -0.2) is 14.4 Å². The number of nitrogens with zero attached hydrogens (tertiary/aromatic N) is 5. The molecule has 4 heterocycles. The van der Waals surface area contributed by atoms with Crippen LogP contribution in [0, 0.1) is 96.6 Å². The molecule has 36 nitrogen and oxygen atoms in total. The Morgan fingerprint density at radius 1 is 0.356 bits per heavy atom. The average Bonchev–Trinajstić information content (AvgIpc) is 1.53. The Balaban J connectivity index is 0.000000227. The highest BCUT2D eigenvalue weighted by Crippen LogP contribution is 2.67. The molecule has 0 spiro atoms. The molecule has 758 valence electrons. The molecule has 11 fully saturated rings. The van der Waals surface area contributed by atoms with Crippen molar-refractivity contribution in [2.24, 2.45) is 114 Å². The maximum atomic E-state index is 14.3. The predicted molar refractivity (Wildman–Crippen MR) is 508 cm³/mol. The average molecular weight is 1940 g/mol. The summed E-state index contributed by atoms with van der Waals surface area (Å²) in [6, 6.07) is -13.6. The number of likely N-dealkylation sites (tertiary alicyclic amines) is 4. The van der Waals surface area contributed by atoms with Crippen molar-refractivity contribution in [3.8, 4) is 0 Å². The van der Waals surface area contributed by atoms with Crippen molar-refractivity contribution in [3.05, 3.63) is 0 Å². The van der Waals surface area contributed by atoms with Gasteiger partial charge in [0.25, 0.3) is 17.7 Å². The largest absolute Gasteiger partial charge is 0.363 e. The van der Waals surface area contributed by atoms with E-state index in [9.17, 15) is 86.3 Å². The van der Waals surface area contributed by atoms with Gasteiger partial charge in [0, 0.05) is 63.2 Å². The number of nitrogens with one attached hydrogen (secondary N) is 10. The minimum Gasteiger partial charge on any atom is -0.363 e. The first-order chi connectivity index (χ1) is 61.8. The van der Waals surface area contributed by atoms with Gasteiger partial charge in [0.2, 0.25) is 70.5 Å². The molecular formula is C97H158Cl2N18O18. The molecule has 16 N–H and O–H groups in total. The molecule has 0 bridgehead atoms. The molecule has 11 rings (SSSR count). The monoisotopic (exact) mass is 1930 g/mol. The van der Waals surface area contributed by atoms with Crippen LogP contribution in [0.25, 0.3) is 0 Å². The lowest BCUT2D eigenvalue weighted by Crippen LogP contribution is -2.64. The summed E-state index contributed by atoms with van der Waals surface area (Å²) in [6.45, 7) is 48.8. The van der Waals surface area contributed by atoms with Crippen LogP contribution in [0.2, 0.25) is 0 Å². The molecule has 135 heavy (non-hydrogen) atoms. The van der Waals surface area contributed by atoms with Crippen LogP contribution >= 0.6 is 23.2 Å². The number of hydrogen-bond donors (Lipinski definition) is 13. The van der Waals surface area contributed by atoms with Crippen LogP contribution in [0.15, 0.2) is 0 Å². The number of alkyl halides is 2. The molecule has 18 amide bonds. The normalized spacial score (nSPS) is 25.6. The van der Waals surface area contributed by atoms with E-state index in [1.54, 1.807) is 37.6 Å². The van der Waals surface area contributed by atoms with Crippen molar-refractivity contribution in [2.75, 3.05) is 39.8 Å². The Morgan fingerprint density at radius 2 is 0.637 bits per heavy atom.